The molecule has 0 bridgehead atoms. The predicted molar refractivity (Wildman–Crippen MR) is 49.5 cm³/mol. The zero-order chi connectivity index (χ0) is 9.26. The molecule has 4 nitrogen and oxygen atoms in total. The van der Waals surface area contributed by atoms with E-state index in [1.54, 1.807) is 19.3 Å². The number of hydrogen-bond acceptors (Lipinski definition) is 2. The molecule has 0 atom stereocenters. The van der Waals surface area contributed by atoms with Gasteiger partial charge in [-0.1, -0.05) is 0 Å². The second-order valence-corrected chi connectivity index (χ2v) is 2.69. The van der Waals surface area contributed by atoms with Crippen LogP contribution in [-0.4, -0.2) is 22.9 Å². The van der Waals surface area contributed by atoms with Crippen LogP contribution in [0.5, 0.6) is 0 Å². The van der Waals surface area contributed by atoms with Gasteiger partial charge in [0.25, 0.3) is 5.91 Å². The van der Waals surface area contributed by atoms with Crippen LogP contribution < -0.4 is 5.32 Å². The number of carbonyl (C=O) groups is 1. The Balaban J connectivity index is 2.54. The average Bonchev–Trinajstić information content (AvgIpc) is 2.63. The smallest absolute Gasteiger partial charge is 0.269 e. The Morgan fingerprint density at radius 2 is 2.31 bits per heavy atom. The second-order valence-electron chi connectivity index (χ2n) is 2.69. The molecule has 13 heavy (non-hydrogen) atoms. The maximum absolute atomic E-state index is 11.2. The molecule has 0 aromatic carbocycles. The fourth-order valence-electron chi connectivity index (χ4n) is 1.19. The van der Waals surface area contributed by atoms with E-state index in [1.807, 2.05) is 12.1 Å². The lowest BCUT2D eigenvalue weighted by Crippen LogP contribution is -2.18. The molecule has 0 radical (unpaired) electrons. The van der Waals surface area contributed by atoms with E-state index >= 15 is 0 Å². The number of carbonyl (C=O) groups excluding carboxylic acids is 1. The topological polar surface area (TPSA) is 57.8 Å². The molecule has 2 rings (SSSR count). The van der Waals surface area contributed by atoms with Crippen molar-refractivity contribution in [3.05, 3.63) is 30.1 Å². The van der Waals surface area contributed by atoms with Crippen molar-refractivity contribution in [1.29, 1.82) is 0 Å². The number of nitrogens with one attached hydrogen (secondary N) is 2. The van der Waals surface area contributed by atoms with Crippen LogP contribution in [0.1, 0.15) is 10.5 Å². The van der Waals surface area contributed by atoms with Crippen molar-refractivity contribution in [3.8, 4) is 0 Å². The molecule has 2 aromatic rings. The number of H-pyrrole nitrogens is 1. The summed E-state index contributed by atoms with van der Waals surface area (Å²) in [6, 6.07) is 5.37. The third-order valence-corrected chi connectivity index (χ3v) is 1.86. The zero-order valence-electron chi connectivity index (χ0n) is 7.16. The first-order valence-electron chi connectivity index (χ1n) is 3.97. The molecule has 2 N–H and O–H groups in total. The summed E-state index contributed by atoms with van der Waals surface area (Å²) >= 11 is 0. The highest BCUT2D eigenvalue weighted by Crippen LogP contribution is 2.09. The summed E-state index contributed by atoms with van der Waals surface area (Å²) in [5.74, 6) is -0.164. The van der Waals surface area contributed by atoms with Gasteiger partial charge in [0.2, 0.25) is 0 Å². The highest BCUT2D eigenvalue weighted by Gasteiger charge is 2.05. The van der Waals surface area contributed by atoms with Gasteiger partial charge in [-0.3, -0.25) is 4.79 Å². The summed E-state index contributed by atoms with van der Waals surface area (Å²) < 4.78 is 0. The zero-order valence-corrected chi connectivity index (χ0v) is 7.16. The number of nitrogens with zero attached hydrogens (tertiary/aromatic N) is 1. The molecule has 2 aromatic heterocycles. The predicted octanol–water partition coefficient (Wildman–Crippen LogP) is 0.922. The first-order valence-corrected chi connectivity index (χ1v) is 3.97. The Morgan fingerprint density at radius 3 is 3.08 bits per heavy atom. The molecule has 0 unspecified atom stereocenters. The van der Waals surface area contributed by atoms with Crippen LogP contribution in [-0.2, 0) is 0 Å². The summed E-state index contributed by atoms with van der Waals surface area (Å²) in [7, 11) is 1.59. The fourth-order valence-corrected chi connectivity index (χ4v) is 1.19. The Labute approximate surface area is 75.0 Å². The first-order chi connectivity index (χ1) is 6.31. The summed E-state index contributed by atoms with van der Waals surface area (Å²) in [6.07, 6.45) is 1.80. The molecule has 0 saturated heterocycles. The normalized spacial score (nSPS) is 10.2. The van der Waals surface area contributed by atoms with Crippen molar-refractivity contribution in [2.24, 2.45) is 0 Å². The monoisotopic (exact) mass is 175 g/mol. The largest absolute Gasteiger partial charge is 0.360 e. The van der Waals surface area contributed by atoms with E-state index in [1.165, 1.54) is 0 Å². The van der Waals surface area contributed by atoms with Crippen molar-refractivity contribution in [2.75, 3.05) is 7.05 Å². The Hall–Kier alpha value is -1.84. The molecular weight excluding hydrogens is 166 g/mol. The van der Waals surface area contributed by atoms with Crippen LogP contribution in [0.2, 0.25) is 0 Å². The minimum atomic E-state index is -0.164. The van der Waals surface area contributed by atoms with Gasteiger partial charge in [0.1, 0.15) is 5.69 Å². The lowest BCUT2D eigenvalue weighted by Gasteiger charge is -1.97. The van der Waals surface area contributed by atoms with E-state index in [4.69, 9.17) is 0 Å². The summed E-state index contributed by atoms with van der Waals surface area (Å²) in [6.45, 7) is 0. The van der Waals surface area contributed by atoms with Crippen molar-refractivity contribution >= 4 is 16.9 Å². The number of fused-ring (bicyclic) bond motifs is 1. The highest BCUT2D eigenvalue weighted by atomic mass is 16.1. The summed E-state index contributed by atoms with van der Waals surface area (Å²) in [5, 5.41) is 2.53. The molecular formula is C9H9N3O. The Bertz CT molecular complexity index is 447. The van der Waals surface area contributed by atoms with Gasteiger partial charge in [-0.25, -0.2) is 4.98 Å². The fraction of sp³-hybridized carbons (Fsp3) is 0.111. The van der Waals surface area contributed by atoms with Crippen LogP contribution in [0.15, 0.2) is 24.4 Å². The van der Waals surface area contributed by atoms with Gasteiger partial charge >= 0.3 is 0 Å². The van der Waals surface area contributed by atoms with Gasteiger partial charge in [-0.2, -0.15) is 0 Å². The van der Waals surface area contributed by atoms with Crippen LogP contribution in [0.3, 0.4) is 0 Å². The SMILES string of the molecule is CNC(=O)c1ccc2[nH]ccc2n1. The number of aromatic amines is 1. The van der Waals surface area contributed by atoms with Crippen molar-refractivity contribution < 1.29 is 4.79 Å². The average molecular weight is 175 g/mol. The molecule has 4 heteroatoms. The maximum Gasteiger partial charge on any atom is 0.269 e. The summed E-state index contributed by atoms with van der Waals surface area (Å²) in [5.41, 5.74) is 2.18. The molecule has 0 aliphatic heterocycles. The molecule has 66 valence electrons. The number of aromatic nitrogens is 2. The van der Waals surface area contributed by atoms with Gasteiger partial charge in [-0.15, -0.1) is 0 Å². The number of hydrogen-bond donors (Lipinski definition) is 2. The van der Waals surface area contributed by atoms with E-state index in [0.29, 0.717) is 5.69 Å². The second kappa shape index (κ2) is 2.90. The maximum atomic E-state index is 11.2. The summed E-state index contributed by atoms with van der Waals surface area (Å²) in [4.78, 5) is 18.4. The molecule has 0 saturated carbocycles. The van der Waals surface area contributed by atoms with Crippen LogP contribution >= 0.6 is 0 Å². The van der Waals surface area contributed by atoms with E-state index in [9.17, 15) is 4.79 Å². The Morgan fingerprint density at radius 1 is 1.46 bits per heavy atom. The first kappa shape index (κ1) is 7.79. The van der Waals surface area contributed by atoms with Crippen LogP contribution in [0, 0.1) is 0 Å². The van der Waals surface area contributed by atoms with E-state index < -0.39 is 0 Å². The number of amides is 1. The van der Waals surface area contributed by atoms with E-state index in [-0.39, 0.29) is 5.91 Å². The van der Waals surface area contributed by atoms with Gasteiger partial charge in [0.15, 0.2) is 0 Å². The number of rotatable bonds is 1. The molecule has 0 fully saturated rings. The van der Waals surface area contributed by atoms with Crippen molar-refractivity contribution in [3.63, 3.8) is 0 Å². The minimum absolute atomic E-state index is 0.164. The lowest BCUT2D eigenvalue weighted by atomic mass is 10.3. The van der Waals surface area contributed by atoms with E-state index in [0.717, 1.165) is 11.0 Å². The quantitative estimate of drug-likeness (QED) is 0.677. The van der Waals surface area contributed by atoms with Crippen molar-refractivity contribution in [1.82, 2.24) is 15.3 Å². The van der Waals surface area contributed by atoms with Crippen molar-refractivity contribution in [2.45, 2.75) is 0 Å². The van der Waals surface area contributed by atoms with Crippen LogP contribution in [0.25, 0.3) is 11.0 Å². The highest BCUT2D eigenvalue weighted by molar-refractivity contribution is 5.94. The number of pyridine rings is 1. The Kier molecular flexibility index (Phi) is 1.73. The third kappa shape index (κ3) is 1.26. The van der Waals surface area contributed by atoms with Gasteiger partial charge in [0, 0.05) is 13.2 Å². The lowest BCUT2D eigenvalue weighted by molar-refractivity contribution is 0.0958. The van der Waals surface area contributed by atoms with E-state index in [2.05, 4.69) is 15.3 Å². The molecule has 1 amide bonds. The third-order valence-electron chi connectivity index (χ3n) is 1.86. The van der Waals surface area contributed by atoms with Gasteiger partial charge in [-0.05, 0) is 18.2 Å². The molecule has 0 spiro atoms. The molecule has 2 heterocycles. The molecule has 0 aliphatic rings. The minimum Gasteiger partial charge on any atom is -0.360 e. The molecule has 0 aliphatic carbocycles. The van der Waals surface area contributed by atoms with Gasteiger partial charge in [0.05, 0.1) is 11.0 Å². The van der Waals surface area contributed by atoms with Crippen LogP contribution in [0.4, 0.5) is 0 Å². The van der Waals surface area contributed by atoms with Gasteiger partial charge < -0.3 is 10.3 Å². The standard InChI is InChI=1S/C9H9N3O/c1-10-9(13)8-3-2-6-7(12-8)4-5-11-6/h2-5,11H,1H3,(H,10,13).